The molecule has 35 heavy (non-hydrogen) atoms. The van der Waals surface area contributed by atoms with Gasteiger partial charge in [-0.15, -0.1) is 0 Å². The van der Waals surface area contributed by atoms with E-state index in [4.69, 9.17) is 9.97 Å². The summed E-state index contributed by atoms with van der Waals surface area (Å²) in [5, 5.41) is 9.38. The second kappa shape index (κ2) is 8.43. The van der Waals surface area contributed by atoms with E-state index >= 15 is 0 Å². The van der Waals surface area contributed by atoms with Crippen LogP contribution < -0.4 is 9.80 Å². The highest BCUT2D eigenvalue weighted by Gasteiger charge is 2.52. The van der Waals surface area contributed by atoms with Crippen molar-refractivity contribution in [2.24, 2.45) is 5.41 Å². The lowest BCUT2D eigenvalue weighted by Gasteiger charge is -2.48. The molecule has 9 heteroatoms. The summed E-state index contributed by atoms with van der Waals surface area (Å²) in [6, 6.07) is 5.67. The Balaban J connectivity index is 1.51. The third-order valence-electron chi connectivity index (χ3n) is 7.95. The molecule has 0 radical (unpaired) electrons. The van der Waals surface area contributed by atoms with E-state index in [2.05, 4.69) is 27.8 Å². The van der Waals surface area contributed by atoms with Crippen LogP contribution in [0.15, 0.2) is 24.7 Å². The molecular weight excluding hydrogens is 445 g/mol. The summed E-state index contributed by atoms with van der Waals surface area (Å²) < 4.78 is 13.5. The Morgan fingerprint density at radius 3 is 2.60 bits per heavy atom. The van der Waals surface area contributed by atoms with E-state index in [1.165, 1.54) is 0 Å². The van der Waals surface area contributed by atoms with Crippen molar-refractivity contribution in [2.45, 2.75) is 64.5 Å². The zero-order valence-electron chi connectivity index (χ0n) is 20.8. The van der Waals surface area contributed by atoms with Gasteiger partial charge < -0.3 is 14.7 Å². The fourth-order valence-corrected chi connectivity index (χ4v) is 5.71. The minimum absolute atomic E-state index is 0.0239. The maximum Gasteiger partial charge on any atom is 0.231 e. The minimum Gasteiger partial charge on any atom is -0.350 e. The van der Waals surface area contributed by atoms with Gasteiger partial charge >= 0.3 is 0 Å². The van der Waals surface area contributed by atoms with Gasteiger partial charge in [-0.05, 0) is 52.7 Å². The lowest BCUT2D eigenvalue weighted by Crippen LogP contribution is -2.61. The largest absolute Gasteiger partial charge is 0.350 e. The van der Waals surface area contributed by atoms with Gasteiger partial charge in [0.05, 0.1) is 17.0 Å². The number of pyridine rings is 1. The molecule has 2 atom stereocenters. The normalized spacial score (nSPS) is 23.1. The van der Waals surface area contributed by atoms with Crippen LogP contribution in [0.1, 0.15) is 58.1 Å². The number of alkyl halides is 1. The number of carbonyl (C=O) groups excluding carboxylic acids is 1. The molecule has 0 N–H and O–H groups in total. The Hall–Kier alpha value is -3.28. The number of aromatic nitrogens is 3. The van der Waals surface area contributed by atoms with Gasteiger partial charge in [-0.3, -0.25) is 4.79 Å². The van der Waals surface area contributed by atoms with Gasteiger partial charge in [0.25, 0.3) is 0 Å². The Bertz CT molecular complexity index is 1190. The SMILES string of the molecule is C[C@@H]1CN(C(=O)C(C)(C)CF)[C@@H](C)CN1c1ncnc2c1C1(CCC1)CN2c1cc(C#N)ccn1. The molecule has 2 aromatic heterocycles. The number of hydrogen-bond acceptors (Lipinski definition) is 7. The lowest BCUT2D eigenvalue weighted by molar-refractivity contribution is -0.144. The molecule has 5 rings (SSSR count). The molecule has 2 aliphatic heterocycles. The van der Waals surface area contributed by atoms with Gasteiger partial charge in [0.2, 0.25) is 5.91 Å². The topological polar surface area (TPSA) is 89.3 Å². The van der Waals surface area contributed by atoms with Crippen molar-refractivity contribution in [3.8, 4) is 6.07 Å². The van der Waals surface area contributed by atoms with Gasteiger partial charge in [-0.25, -0.2) is 19.3 Å². The average molecular weight is 478 g/mol. The monoisotopic (exact) mass is 477 g/mol. The quantitative estimate of drug-likeness (QED) is 0.663. The summed E-state index contributed by atoms with van der Waals surface area (Å²) in [6.45, 7) is 8.69. The number of amides is 1. The summed E-state index contributed by atoms with van der Waals surface area (Å²) >= 11 is 0. The van der Waals surface area contributed by atoms with Gasteiger partial charge in [-0.2, -0.15) is 5.26 Å². The molecule has 0 bridgehead atoms. The van der Waals surface area contributed by atoms with Crippen molar-refractivity contribution >= 4 is 23.4 Å². The average Bonchev–Trinajstić information content (AvgIpc) is 3.21. The van der Waals surface area contributed by atoms with Gasteiger partial charge in [0.15, 0.2) is 0 Å². The molecule has 2 fully saturated rings. The minimum atomic E-state index is -1.02. The highest BCUT2D eigenvalue weighted by Crippen LogP contribution is 2.56. The van der Waals surface area contributed by atoms with Crippen LogP contribution in [0.25, 0.3) is 0 Å². The summed E-state index contributed by atoms with van der Waals surface area (Å²) in [7, 11) is 0. The number of nitrogens with zero attached hydrogens (tertiary/aromatic N) is 7. The zero-order valence-corrected chi connectivity index (χ0v) is 20.8. The van der Waals surface area contributed by atoms with E-state index in [0.717, 1.165) is 48.8 Å². The lowest BCUT2D eigenvalue weighted by atomic mass is 9.66. The molecule has 184 valence electrons. The molecule has 0 unspecified atom stereocenters. The molecule has 0 aromatic carbocycles. The van der Waals surface area contributed by atoms with E-state index in [-0.39, 0.29) is 23.4 Å². The first-order valence-electron chi connectivity index (χ1n) is 12.3. The molecule has 1 aliphatic carbocycles. The highest BCUT2D eigenvalue weighted by atomic mass is 19.1. The van der Waals surface area contributed by atoms with Crippen LogP contribution in [-0.4, -0.2) is 64.2 Å². The second-order valence-electron chi connectivity index (χ2n) is 11.0. The number of anilines is 3. The van der Waals surface area contributed by atoms with Crippen molar-refractivity contribution in [2.75, 3.05) is 36.1 Å². The maximum atomic E-state index is 13.5. The van der Waals surface area contributed by atoms with Crippen molar-refractivity contribution in [1.82, 2.24) is 19.9 Å². The summed E-state index contributed by atoms with van der Waals surface area (Å²) in [5.74, 6) is 2.36. The van der Waals surface area contributed by atoms with Crippen LogP contribution in [0.3, 0.4) is 0 Å². The van der Waals surface area contributed by atoms with E-state index in [9.17, 15) is 14.4 Å². The first kappa shape index (κ1) is 23.5. The van der Waals surface area contributed by atoms with Crippen LogP contribution in [0.5, 0.6) is 0 Å². The molecule has 3 aliphatic rings. The van der Waals surface area contributed by atoms with E-state index in [1.807, 2.05) is 17.9 Å². The van der Waals surface area contributed by atoms with E-state index in [0.29, 0.717) is 18.7 Å². The number of piperazine rings is 1. The number of fused-ring (bicyclic) bond motifs is 2. The molecule has 2 aromatic rings. The number of halogens is 1. The van der Waals surface area contributed by atoms with E-state index in [1.54, 1.807) is 32.4 Å². The number of rotatable bonds is 4. The third kappa shape index (κ3) is 3.70. The zero-order chi connectivity index (χ0) is 25.0. The Morgan fingerprint density at radius 1 is 1.20 bits per heavy atom. The van der Waals surface area contributed by atoms with Crippen molar-refractivity contribution in [1.29, 1.82) is 5.26 Å². The summed E-state index contributed by atoms with van der Waals surface area (Å²) in [5.41, 5.74) is 0.661. The smallest absolute Gasteiger partial charge is 0.231 e. The van der Waals surface area contributed by atoms with Crippen molar-refractivity contribution in [3.05, 3.63) is 35.8 Å². The maximum absolute atomic E-state index is 13.5. The van der Waals surface area contributed by atoms with Gasteiger partial charge in [0.1, 0.15) is 30.5 Å². The Labute approximate surface area is 205 Å². The predicted octanol–water partition coefficient (Wildman–Crippen LogP) is 3.74. The fourth-order valence-electron chi connectivity index (χ4n) is 5.71. The number of carbonyl (C=O) groups is 1. The molecule has 1 spiro atoms. The Kier molecular flexibility index (Phi) is 5.65. The van der Waals surface area contributed by atoms with Crippen molar-refractivity contribution in [3.63, 3.8) is 0 Å². The summed E-state index contributed by atoms with van der Waals surface area (Å²) in [6.07, 6.45) is 6.54. The second-order valence-corrected chi connectivity index (χ2v) is 11.0. The summed E-state index contributed by atoms with van der Waals surface area (Å²) in [4.78, 5) is 33.3. The first-order chi connectivity index (χ1) is 16.7. The first-order valence-corrected chi connectivity index (χ1v) is 12.3. The molecule has 8 nitrogen and oxygen atoms in total. The van der Waals surface area contributed by atoms with Crippen LogP contribution >= 0.6 is 0 Å². The van der Waals surface area contributed by atoms with Crippen molar-refractivity contribution < 1.29 is 9.18 Å². The predicted molar refractivity (Wildman–Crippen MR) is 131 cm³/mol. The third-order valence-corrected chi connectivity index (χ3v) is 7.95. The van der Waals surface area contributed by atoms with Gasteiger partial charge in [-0.1, -0.05) is 6.42 Å². The number of hydrogen-bond donors (Lipinski definition) is 0. The van der Waals surface area contributed by atoms with Crippen LogP contribution in [0.4, 0.5) is 21.8 Å². The molecule has 1 saturated carbocycles. The van der Waals surface area contributed by atoms with E-state index < -0.39 is 12.1 Å². The molecule has 1 amide bonds. The standard InChI is InChI=1S/C26H32FN7O/c1-17-13-33(24(35)25(3,4)14-27)18(2)12-32(17)22-21-23(31-16-30-22)34(15-26(21)7-5-8-26)20-10-19(11-28)6-9-29-20/h6,9-10,16-18H,5,7-8,12-15H2,1-4H3/t17-,18+/m1/s1. The Morgan fingerprint density at radius 2 is 1.94 bits per heavy atom. The number of nitriles is 1. The fraction of sp³-hybridized carbons (Fsp3) is 0.577. The van der Waals surface area contributed by atoms with Crippen LogP contribution in [0.2, 0.25) is 0 Å². The molecular formula is C26H32FN7O. The highest BCUT2D eigenvalue weighted by molar-refractivity contribution is 5.83. The van der Waals surface area contributed by atoms with Crippen LogP contribution in [-0.2, 0) is 10.2 Å². The molecule has 4 heterocycles. The van der Waals surface area contributed by atoms with Gasteiger partial charge in [0, 0.05) is 48.9 Å². The van der Waals surface area contributed by atoms with Crippen LogP contribution in [0, 0.1) is 16.7 Å². The molecule has 1 saturated heterocycles.